The van der Waals surface area contributed by atoms with Gasteiger partial charge in [-0.1, -0.05) is 24.3 Å². The second kappa shape index (κ2) is 9.29. The monoisotopic (exact) mass is 466 g/mol. The zero-order valence-corrected chi connectivity index (χ0v) is 18.4. The minimum Gasteiger partial charge on any atom is -0.366 e. The predicted molar refractivity (Wildman–Crippen MR) is 126 cm³/mol. The number of hydrogen-bond donors (Lipinski definition) is 2. The number of carbonyl (C=O) groups excluding carboxylic acids is 1. The molecule has 1 heterocycles. The highest BCUT2D eigenvalue weighted by atomic mass is 32.2. The van der Waals surface area contributed by atoms with Gasteiger partial charge in [-0.15, -0.1) is 0 Å². The van der Waals surface area contributed by atoms with Gasteiger partial charge >= 0.3 is 0 Å². The lowest BCUT2D eigenvalue weighted by Crippen LogP contribution is -2.20. The third kappa shape index (κ3) is 5.12. The average molecular weight is 467 g/mol. The highest BCUT2D eigenvalue weighted by Crippen LogP contribution is 2.32. The van der Waals surface area contributed by atoms with Gasteiger partial charge in [0, 0.05) is 30.4 Å². The highest BCUT2D eigenvalue weighted by Gasteiger charge is 2.24. The van der Waals surface area contributed by atoms with E-state index in [-0.39, 0.29) is 21.8 Å². The number of nitro groups is 1. The number of amides is 1. The van der Waals surface area contributed by atoms with Gasteiger partial charge in [-0.05, 0) is 55.3 Å². The van der Waals surface area contributed by atoms with E-state index >= 15 is 0 Å². The number of nitrogens with zero attached hydrogens (tertiary/aromatic N) is 2. The Kier molecular flexibility index (Phi) is 6.27. The minimum atomic E-state index is -3.78. The van der Waals surface area contributed by atoms with Crippen molar-refractivity contribution in [2.24, 2.45) is 0 Å². The summed E-state index contributed by atoms with van der Waals surface area (Å²) in [6.45, 7) is 1.50. The van der Waals surface area contributed by atoms with Gasteiger partial charge in [0.05, 0.1) is 15.5 Å². The SMILES string of the molecule is O=C(Nc1cccc(NS(=O)(=O)c2ccccc2)c1)c1ccc(N2CCCC2)c([N+](=O)[O-])c1. The lowest BCUT2D eigenvalue weighted by atomic mass is 10.1. The first-order valence-corrected chi connectivity index (χ1v) is 11.8. The molecule has 33 heavy (non-hydrogen) atoms. The summed E-state index contributed by atoms with van der Waals surface area (Å²) in [7, 11) is -3.78. The molecule has 170 valence electrons. The molecule has 1 saturated heterocycles. The first-order chi connectivity index (χ1) is 15.8. The van der Waals surface area contributed by atoms with Crippen molar-refractivity contribution in [3.05, 3.63) is 88.5 Å². The summed E-state index contributed by atoms with van der Waals surface area (Å²) in [6, 6.07) is 18.6. The Labute approximate surface area is 191 Å². The molecule has 0 aliphatic carbocycles. The maximum absolute atomic E-state index is 12.8. The molecule has 10 heteroatoms. The van der Waals surface area contributed by atoms with Crippen LogP contribution < -0.4 is 14.9 Å². The normalized spacial score (nSPS) is 13.5. The second-order valence-corrected chi connectivity index (χ2v) is 9.29. The largest absolute Gasteiger partial charge is 0.366 e. The van der Waals surface area contributed by atoms with Crippen LogP contribution in [-0.4, -0.2) is 32.3 Å². The molecule has 0 bridgehead atoms. The van der Waals surface area contributed by atoms with Gasteiger partial charge in [-0.25, -0.2) is 8.42 Å². The lowest BCUT2D eigenvalue weighted by molar-refractivity contribution is -0.384. The van der Waals surface area contributed by atoms with Gasteiger partial charge in [0.1, 0.15) is 5.69 Å². The molecule has 0 aromatic heterocycles. The molecule has 0 radical (unpaired) electrons. The summed E-state index contributed by atoms with van der Waals surface area (Å²) in [5.41, 5.74) is 1.15. The van der Waals surface area contributed by atoms with E-state index in [0.717, 1.165) is 25.9 Å². The zero-order chi connectivity index (χ0) is 23.4. The number of rotatable bonds is 7. The third-order valence-electron chi connectivity index (χ3n) is 5.31. The maximum Gasteiger partial charge on any atom is 0.293 e. The van der Waals surface area contributed by atoms with Crippen molar-refractivity contribution in [1.82, 2.24) is 0 Å². The first kappa shape index (κ1) is 22.3. The summed E-state index contributed by atoms with van der Waals surface area (Å²) < 4.78 is 27.5. The number of anilines is 3. The van der Waals surface area contributed by atoms with Crippen molar-refractivity contribution >= 4 is 38.7 Å². The number of hydrogen-bond acceptors (Lipinski definition) is 6. The Morgan fingerprint density at radius 2 is 1.61 bits per heavy atom. The fourth-order valence-corrected chi connectivity index (χ4v) is 4.78. The van der Waals surface area contributed by atoms with Gasteiger partial charge < -0.3 is 10.2 Å². The Bertz CT molecular complexity index is 1290. The molecular weight excluding hydrogens is 444 g/mol. The number of nitro benzene ring substituents is 1. The van der Waals surface area contributed by atoms with E-state index in [2.05, 4.69) is 10.0 Å². The smallest absolute Gasteiger partial charge is 0.293 e. The lowest BCUT2D eigenvalue weighted by Gasteiger charge is -2.18. The molecule has 4 rings (SSSR count). The summed E-state index contributed by atoms with van der Waals surface area (Å²) in [6.07, 6.45) is 1.95. The summed E-state index contributed by atoms with van der Waals surface area (Å²) in [4.78, 5) is 25.9. The maximum atomic E-state index is 12.8. The molecule has 1 fully saturated rings. The van der Waals surface area contributed by atoms with Crippen LogP contribution in [0, 0.1) is 10.1 Å². The molecule has 1 aliphatic rings. The van der Waals surface area contributed by atoms with Crippen LogP contribution in [0.2, 0.25) is 0 Å². The molecule has 3 aromatic carbocycles. The topological polar surface area (TPSA) is 122 Å². The van der Waals surface area contributed by atoms with Crippen LogP contribution in [0.1, 0.15) is 23.2 Å². The Morgan fingerprint density at radius 1 is 0.909 bits per heavy atom. The fourth-order valence-electron chi connectivity index (χ4n) is 3.71. The van der Waals surface area contributed by atoms with Crippen molar-refractivity contribution in [3.8, 4) is 0 Å². The van der Waals surface area contributed by atoms with E-state index in [0.29, 0.717) is 11.4 Å². The van der Waals surface area contributed by atoms with E-state index < -0.39 is 20.9 Å². The third-order valence-corrected chi connectivity index (χ3v) is 6.70. The van der Waals surface area contributed by atoms with Crippen LogP contribution >= 0.6 is 0 Å². The summed E-state index contributed by atoms with van der Waals surface area (Å²) in [5, 5.41) is 14.3. The van der Waals surface area contributed by atoms with Crippen molar-refractivity contribution in [2.75, 3.05) is 28.0 Å². The van der Waals surface area contributed by atoms with Gasteiger partial charge in [-0.2, -0.15) is 0 Å². The average Bonchev–Trinajstić information content (AvgIpc) is 3.34. The minimum absolute atomic E-state index is 0.116. The number of benzene rings is 3. The quantitative estimate of drug-likeness (QED) is 0.397. The van der Waals surface area contributed by atoms with E-state index in [1.165, 1.54) is 24.3 Å². The highest BCUT2D eigenvalue weighted by molar-refractivity contribution is 7.92. The van der Waals surface area contributed by atoms with Crippen molar-refractivity contribution in [2.45, 2.75) is 17.7 Å². The van der Waals surface area contributed by atoms with E-state index in [4.69, 9.17) is 0 Å². The van der Waals surface area contributed by atoms with Gasteiger partial charge in [-0.3, -0.25) is 19.6 Å². The molecule has 0 saturated carbocycles. The van der Waals surface area contributed by atoms with Crippen LogP contribution in [0.25, 0.3) is 0 Å². The summed E-state index contributed by atoms with van der Waals surface area (Å²) >= 11 is 0. The molecule has 1 amide bonds. The molecule has 1 aliphatic heterocycles. The van der Waals surface area contributed by atoms with Crippen LogP contribution in [0.3, 0.4) is 0 Å². The van der Waals surface area contributed by atoms with Crippen molar-refractivity contribution in [1.29, 1.82) is 0 Å². The second-order valence-electron chi connectivity index (χ2n) is 7.61. The van der Waals surface area contributed by atoms with Crippen molar-refractivity contribution in [3.63, 3.8) is 0 Å². The summed E-state index contributed by atoms with van der Waals surface area (Å²) in [5.74, 6) is -0.533. The number of nitrogens with one attached hydrogen (secondary N) is 2. The van der Waals surface area contributed by atoms with E-state index in [1.54, 1.807) is 48.5 Å². The van der Waals surface area contributed by atoms with Crippen LogP contribution in [0.5, 0.6) is 0 Å². The Morgan fingerprint density at radius 3 is 2.30 bits per heavy atom. The molecule has 9 nitrogen and oxygen atoms in total. The van der Waals surface area contributed by atoms with Gasteiger partial charge in [0.25, 0.3) is 21.6 Å². The van der Waals surface area contributed by atoms with Crippen LogP contribution in [0.4, 0.5) is 22.7 Å². The standard InChI is InChI=1S/C23H22N4O5S/c28-23(17-11-12-21(22(15-17)27(29)30)26-13-4-5-14-26)24-18-7-6-8-19(16-18)25-33(31,32)20-9-2-1-3-10-20/h1-3,6-12,15-16,25H,4-5,13-14H2,(H,24,28). The van der Waals surface area contributed by atoms with E-state index in [1.807, 2.05) is 4.90 Å². The molecule has 3 aromatic rings. The molecule has 0 unspecified atom stereocenters. The number of carbonyl (C=O) groups is 1. The van der Waals surface area contributed by atoms with Crippen LogP contribution in [-0.2, 0) is 10.0 Å². The van der Waals surface area contributed by atoms with Gasteiger partial charge in [0.2, 0.25) is 0 Å². The van der Waals surface area contributed by atoms with Crippen LogP contribution in [0.15, 0.2) is 77.7 Å². The molecule has 0 spiro atoms. The molecule has 2 N–H and O–H groups in total. The van der Waals surface area contributed by atoms with E-state index in [9.17, 15) is 23.3 Å². The first-order valence-electron chi connectivity index (χ1n) is 10.4. The Hall–Kier alpha value is -3.92. The van der Waals surface area contributed by atoms with Crippen molar-refractivity contribution < 1.29 is 18.1 Å². The molecular formula is C23H22N4O5S. The fraction of sp³-hybridized carbons (Fsp3) is 0.174. The Balaban J connectivity index is 1.52. The molecule has 0 atom stereocenters. The predicted octanol–water partition coefficient (Wildman–Crippen LogP) is 4.25. The number of sulfonamides is 1. The van der Waals surface area contributed by atoms with Gasteiger partial charge in [0.15, 0.2) is 0 Å². The zero-order valence-electron chi connectivity index (χ0n) is 17.6.